The summed E-state index contributed by atoms with van der Waals surface area (Å²) < 4.78 is 0. The van der Waals surface area contributed by atoms with Gasteiger partial charge in [-0.3, -0.25) is 9.68 Å². The molecule has 1 N–H and O–H groups in total. The van der Waals surface area contributed by atoms with Crippen molar-refractivity contribution in [2.24, 2.45) is 52.3 Å². The number of fused-ring (bicyclic) bond motifs is 5. The van der Waals surface area contributed by atoms with Gasteiger partial charge in [-0.15, -0.1) is 0 Å². The average Bonchev–Trinajstić information content (AvgIpc) is 3.04. The van der Waals surface area contributed by atoms with Gasteiger partial charge in [0.15, 0.2) is 0 Å². The molecule has 4 aliphatic rings. The molecule has 6 unspecified atom stereocenters. The smallest absolute Gasteiger partial charge is 0.0737 e. The van der Waals surface area contributed by atoms with Crippen molar-refractivity contribution in [1.82, 2.24) is 5.64 Å². The van der Waals surface area contributed by atoms with Crippen LogP contribution in [0.3, 0.4) is 0 Å². The lowest BCUT2D eigenvalue weighted by atomic mass is 9.42. The van der Waals surface area contributed by atoms with Crippen LogP contribution < -0.4 is 5.64 Å². The van der Waals surface area contributed by atoms with Gasteiger partial charge in [-0.1, -0.05) is 52.6 Å². The third-order valence-electron chi connectivity index (χ3n) is 10.5. The van der Waals surface area contributed by atoms with Crippen LogP contribution in [0.15, 0.2) is 0 Å². The van der Waals surface area contributed by atoms with Gasteiger partial charge in [-0.05, 0) is 97.2 Å². The van der Waals surface area contributed by atoms with E-state index in [0.29, 0.717) is 16.7 Å². The van der Waals surface area contributed by atoms with Crippen molar-refractivity contribution in [2.75, 3.05) is 13.7 Å². The van der Waals surface area contributed by atoms with E-state index < -0.39 is 0 Å². The van der Waals surface area contributed by atoms with Crippen molar-refractivity contribution >= 4 is 0 Å². The molecule has 0 saturated heterocycles. The number of nitrogens with one attached hydrogen (secondary N) is 1. The fourth-order valence-electron chi connectivity index (χ4n) is 9.34. The molecule has 0 bridgehead atoms. The van der Waals surface area contributed by atoms with Crippen LogP contribution in [0.2, 0.25) is 0 Å². The standard InChI is InChI=1S/C25H45NO2/c1-6-18-15-19-22-11-10-20(17(2)16-28-26-27-5)25(22,4)14-12-23(19)24(3)13-8-7-9-21(18)24/h17-23,26H,6-16H2,1-5H3/t17-,18+,19?,20?,21?,22?,23+,24?,25?/m1/s1. The molecule has 0 aromatic rings. The highest BCUT2D eigenvalue weighted by molar-refractivity contribution is 5.10. The SMILES string of the molecule is CC[C@H]1CC2C3CCC([C@H](C)CONOC)C3(C)CC[C@@H]2C2(C)CCCCC12. The molecule has 162 valence electrons. The zero-order valence-corrected chi connectivity index (χ0v) is 19.1. The second-order valence-corrected chi connectivity index (χ2v) is 11.4. The lowest BCUT2D eigenvalue weighted by Crippen LogP contribution is -2.55. The Morgan fingerprint density at radius 1 is 0.964 bits per heavy atom. The van der Waals surface area contributed by atoms with E-state index in [1.165, 1.54) is 64.2 Å². The third kappa shape index (κ3) is 3.28. The van der Waals surface area contributed by atoms with Gasteiger partial charge in [0.2, 0.25) is 0 Å². The van der Waals surface area contributed by atoms with Gasteiger partial charge in [0.05, 0.1) is 13.7 Å². The molecule has 0 spiro atoms. The van der Waals surface area contributed by atoms with Crippen molar-refractivity contribution in [3.8, 4) is 0 Å². The van der Waals surface area contributed by atoms with Gasteiger partial charge in [0, 0.05) is 0 Å². The first-order valence-corrected chi connectivity index (χ1v) is 12.4. The molecule has 0 heterocycles. The maximum absolute atomic E-state index is 5.54. The minimum Gasteiger partial charge on any atom is -0.280 e. The molecule has 4 fully saturated rings. The molecule has 4 aliphatic carbocycles. The van der Waals surface area contributed by atoms with Crippen molar-refractivity contribution in [2.45, 2.75) is 91.9 Å². The fourth-order valence-corrected chi connectivity index (χ4v) is 9.34. The Morgan fingerprint density at radius 2 is 1.75 bits per heavy atom. The number of rotatable bonds is 6. The molecule has 0 radical (unpaired) electrons. The molecule has 0 aliphatic heterocycles. The van der Waals surface area contributed by atoms with Gasteiger partial charge < -0.3 is 0 Å². The van der Waals surface area contributed by atoms with Gasteiger partial charge in [0.25, 0.3) is 0 Å². The third-order valence-corrected chi connectivity index (χ3v) is 10.5. The predicted molar refractivity (Wildman–Crippen MR) is 114 cm³/mol. The molecule has 28 heavy (non-hydrogen) atoms. The molecular formula is C25H45NO2. The van der Waals surface area contributed by atoms with Crippen molar-refractivity contribution < 1.29 is 9.68 Å². The van der Waals surface area contributed by atoms with E-state index in [1.54, 1.807) is 7.11 Å². The molecule has 4 saturated carbocycles. The highest BCUT2D eigenvalue weighted by Gasteiger charge is 2.61. The fraction of sp³-hybridized carbons (Fsp3) is 1.00. The summed E-state index contributed by atoms with van der Waals surface area (Å²) in [7, 11) is 1.62. The van der Waals surface area contributed by atoms with Crippen molar-refractivity contribution in [1.29, 1.82) is 0 Å². The van der Waals surface area contributed by atoms with Gasteiger partial charge in [-0.2, -0.15) is 0 Å². The Balaban J connectivity index is 1.54. The van der Waals surface area contributed by atoms with Crippen LogP contribution in [0, 0.1) is 52.3 Å². The van der Waals surface area contributed by atoms with E-state index in [1.807, 2.05) is 0 Å². The Kier molecular flexibility index (Phi) is 6.18. The summed E-state index contributed by atoms with van der Waals surface area (Å²) in [5.41, 5.74) is 3.74. The second-order valence-electron chi connectivity index (χ2n) is 11.4. The summed E-state index contributed by atoms with van der Waals surface area (Å²) in [4.78, 5) is 10.4. The van der Waals surface area contributed by atoms with E-state index in [4.69, 9.17) is 9.68 Å². The topological polar surface area (TPSA) is 30.5 Å². The largest absolute Gasteiger partial charge is 0.280 e. The maximum atomic E-state index is 5.54. The van der Waals surface area contributed by atoms with Crippen LogP contribution in [0.1, 0.15) is 91.9 Å². The summed E-state index contributed by atoms with van der Waals surface area (Å²) in [5, 5.41) is 0. The lowest BCUT2D eigenvalue weighted by Gasteiger charge is -2.63. The predicted octanol–water partition coefficient (Wildman–Crippen LogP) is 6.39. The Morgan fingerprint density at radius 3 is 2.50 bits per heavy atom. The van der Waals surface area contributed by atoms with E-state index >= 15 is 0 Å². The molecular weight excluding hydrogens is 346 g/mol. The van der Waals surface area contributed by atoms with Gasteiger partial charge in [-0.25, -0.2) is 0 Å². The maximum Gasteiger partial charge on any atom is 0.0737 e. The van der Waals surface area contributed by atoms with Crippen LogP contribution in [-0.4, -0.2) is 13.7 Å². The quantitative estimate of drug-likeness (QED) is 0.420. The molecule has 3 nitrogen and oxygen atoms in total. The van der Waals surface area contributed by atoms with Crippen LogP contribution >= 0.6 is 0 Å². The van der Waals surface area contributed by atoms with Crippen LogP contribution in [0.4, 0.5) is 0 Å². The molecule has 0 aromatic heterocycles. The minimum absolute atomic E-state index is 0.521. The Labute approximate surface area is 173 Å². The lowest BCUT2D eigenvalue weighted by molar-refractivity contribution is -0.170. The number of hydrogen-bond donors (Lipinski definition) is 1. The first kappa shape index (κ1) is 21.1. The highest BCUT2D eigenvalue weighted by Crippen LogP contribution is 2.69. The van der Waals surface area contributed by atoms with E-state index in [2.05, 4.69) is 33.3 Å². The normalized spacial score (nSPS) is 49.2. The molecule has 0 amide bonds. The van der Waals surface area contributed by atoms with Crippen molar-refractivity contribution in [3.63, 3.8) is 0 Å². The first-order chi connectivity index (χ1) is 13.5. The summed E-state index contributed by atoms with van der Waals surface area (Å²) in [6.45, 7) is 11.0. The Bertz CT molecular complexity index is 539. The zero-order chi connectivity index (χ0) is 19.9. The van der Waals surface area contributed by atoms with Crippen LogP contribution in [0.5, 0.6) is 0 Å². The van der Waals surface area contributed by atoms with Crippen molar-refractivity contribution in [3.05, 3.63) is 0 Å². The summed E-state index contributed by atoms with van der Waals surface area (Å²) >= 11 is 0. The van der Waals surface area contributed by atoms with Gasteiger partial charge in [0.1, 0.15) is 0 Å². The molecule has 0 aromatic carbocycles. The zero-order valence-electron chi connectivity index (χ0n) is 19.1. The van der Waals surface area contributed by atoms with E-state index in [-0.39, 0.29) is 0 Å². The Hall–Kier alpha value is -0.120. The molecule has 4 rings (SSSR count). The first-order valence-electron chi connectivity index (χ1n) is 12.4. The van der Waals surface area contributed by atoms with Gasteiger partial charge >= 0.3 is 0 Å². The molecule has 9 atom stereocenters. The summed E-state index contributed by atoms with van der Waals surface area (Å²) in [6, 6.07) is 0. The number of hydrogen-bond acceptors (Lipinski definition) is 3. The van der Waals surface area contributed by atoms with Crippen LogP contribution in [-0.2, 0) is 9.68 Å². The van der Waals surface area contributed by atoms with Crippen LogP contribution in [0.25, 0.3) is 0 Å². The minimum atomic E-state index is 0.521. The monoisotopic (exact) mass is 391 g/mol. The van der Waals surface area contributed by atoms with E-state index in [0.717, 1.165) is 42.1 Å². The molecule has 3 heteroatoms. The summed E-state index contributed by atoms with van der Waals surface area (Å²) in [6.07, 6.45) is 14.7. The second kappa shape index (κ2) is 8.19. The summed E-state index contributed by atoms with van der Waals surface area (Å²) in [5.74, 6) is 6.33. The highest BCUT2D eigenvalue weighted by atomic mass is 16.9. The van der Waals surface area contributed by atoms with E-state index in [9.17, 15) is 0 Å². The average molecular weight is 392 g/mol.